The molecule has 0 saturated carbocycles. The molecule has 2 amide bonds. The van der Waals surface area contributed by atoms with Crippen LogP contribution < -0.4 is 16.0 Å². The van der Waals surface area contributed by atoms with E-state index in [2.05, 4.69) is 25.9 Å². The van der Waals surface area contributed by atoms with Crippen molar-refractivity contribution in [2.24, 2.45) is 0 Å². The number of carboxylic acid groups (broad SMARTS) is 3. The van der Waals surface area contributed by atoms with Crippen molar-refractivity contribution < 1.29 is 34.5 Å². The topological polar surface area (TPSA) is 191 Å². The highest BCUT2D eigenvalue weighted by Gasteiger charge is 2.24. The number of carbonyl (C=O) groups is 4. The third kappa shape index (κ3) is 9.19. The zero-order valence-electron chi connectivity index (χ0n) is 17.9. The largest absolute Gasteiger partial charge is 0.481 e. The maximum absolute atomic E-state index is 12.0. The molecule has 0 fully saturated rings. The zero-order valence-corrected chi connectivity index (χ0v) is 19.4. The summed E-state index contributed by atoms with van der Waals surface area (Å²) in [6, 6.07) is -0.154. The Labute approximate surface area is 203 Å². The zero-order chi connectivity index (χ0) is 25.1. The molecule has 2 aromatic rings. The monoisotopic (exact) mass is 513 g/mol. The molecule has 2 rings (SSSR count). The molecule has 14 heteroatoms. The van der Waals surface area contributed by atoms with E-state index in [0.29, 0.717) is 29.7 Å². The molecule has 0 aromatic carbocycles. The Morgan fingerprint density at radius 3 is 2.32 bits per heavy atom. The number of carboxylic acids is 3. The number of nitrogens with one attached hydrogen (secondary N) is 3. The van der Waals surface area contributed by atoms with Gasteiger partial charge in [0.05, 0.1) is 5.69 Å². The molecular weight excluding hydrogens is 490 g/mol. The van der Waals surface area contributed by atoms with E-state index in [9.17, 15) is 24.3 Å². The third-order valence-electron chi connectivity index (χ3n) is 4.58. The summed E-state index contributed by atoms with van der Waals surface area (Å²) in [7, 11) is 0. The normalized spacial score (nSPS) is 12.4. The van der Waals surface area contributed by atoms with E-state index in [4.69, 9.17) is 21.8 Å². The van der Waals surface area contributed by atoms with Gasteiger partial charge in [-0.15, -0.1) is 11.3 Å². The Kier molecular flexibility index (Phi) is 10.5. The Bertz CT molecular complexity index is 1020. The number of carbonyl (C=O) groups excluding carboxylic acids is 1. The van der Waals surface area contributed by atoms with Crippen LogP contribution in [0.2, 0.25) is 5.15 Å². The van der Waals surface area contributed by atoms with Gasteiger partial charge in [0.15, 0.2) is 5.13 Å². The van der Waals surface area contributed by atoms with Gasteiger partial charge in [0.2, 0.25) is 0 Å². The highest BCUT2D eigenvalue weighted by molar-refractivity contribution is 7.14. The number of urea groups is 1. The van der Waals surface area contributed by atoms with Gasteiger partial charge in [0.1, 0.15) is 17.2 Å². The number of amides is 2. The van der Waals surface area contributed by atoms with E-state index in [0.717, 1.165) is 11.3 Å². The molecule has 12 nitrogen and oxygen atoms in total. The summed E-state index contributed by atoms with van der Waals surface area (Å²) in [5, 5.41) is 37.5. The quantitative estimate of drug-likeness (QED) is 0.161. The Balaban J connectivity index is 1.75. The minimum atomic E-state index is -1.44. The van der Waals surface area contributed by atoms with Crippen LogP contribution in [0.3, 0.4) is 0 Å². The number of thiazole rings is 1. The predicted octanol–water partition coefficient (Wildman–Crippen LogP) is 2.51. The summed E-state index contributed by atoms with van der Waals surface area (Å²) in [5.41, 5.74) is 1.59. The molecule has 34 heavy (non-hydrogen) atoms. The first-order valence-electron chi connectivity index (χ1n) is 10.2. The number of anilines is 1. The number of unbranched alkanes of at least 4 members (excludes halogenated alkanes) is 1. The average molecular weight is 514 g/mol. The van der Waals surface area contributed by atoms with Gasteiger partial charge in [-0.25, -0.2) is 24.4 Å². The van der Waals surface area contributed by atoms with Crippen LogP contribution in [-0.2, 0) is 14.4 Å². The maximum atomic E-state index is 12.0. The second kappa shape index (κ2) is 13.3. The number of pyridine rings is 1. The van der Waals surface area contributed by atoms with Crippen molar-refractivity contribution in [1.82, 2.24) is 20.6 Å². The number of aromatic nitrogens is 2. The minimum Gasteiger partial charge on any atom is -0.481 e. The second-order valence-corrected chi connectivity index (χ2v) is 8.40. The van der Waals surface area contributed by atoms with Gasteiger partial charge in [-0.2, -0.15) is 0 Å². The van der Waals surface area contributed by atoms with Crippen LogP contribution in [0.25, 0.3) is 11.3 Å². The average Bonchev–Trinajstić information content (AvgIpc) is 3.24. The number of halogens is 1. The van der Waals surface area contributed by atoms with Crippen molar-refractivity contribution >= 4 is 52.0 Å². The molecule has 0 saturated heterocycles. The fourth-order valence-electron chi connectivity index (χ4n) is 2.86. The molecule has 2 heterocycles. The van der Waals surface area contributed by atoms with Crippen LogP contribution in [0.1, 0.15) is 32.1 Å². The molecule has 0 aliphatic rings. The fraction of sp³-hybridized carbons (Fsp3) is 0.400. The van der Waals surface area contributed by atoms with E-state index in [1.54, 1.807) is 18.3 Å². The minimum absolute atomic E-state index is 0.121. The highest BCUT2D eigenvalue weighted by Crippen LogP contribution is 2.25. The Morgan fingerprint density at radius 1 is 1.03 bits per heavy atom. The lowest BCUT2D eigenvalue weighted by atomic mass is 10.1. The molecule has 0 spiro atoms. The van der Waals surface area contributed by atoms with Crippen LogP contribution >= 0.6 is 22.9 Å². The molecule has 0 bridgehead atoms. The lowest BCUT2D eigenvalue weighted by Gasteiger charge is -2.18. The summed E-state index contributed by atoms with van der Waals surface area (Å²) < 4.78 is 0. The predicted molar refractivity (Wildman–Crippen MR) is 124 cm³/mol. The molecule has 1 unspecified atom stereocenters. The lowest BCUT2D eigenvalue weighted by Crippen LogP contribution is -2.51. The lowest BCUT2D eigenvalue weighted by molar-refractivity contribution is -0.140. The van der Waals surface area contributed by atoms with Crippen molar-refractivity contribution in [3.05, 3.63) is 28.9 Å². The van der Waals surface area contributed by atoms with E-state index in [1.165, 1.54) is 11.3 Å². The maximum Gasteiger partial charge on any atom is 0.326 e. The van der Waals surface area contributed by atoms with Crippen molar-refractivity contribution in [3.63, 3.8) is 0 Å². The standard InChI is InChI=1S/C20H24ClN5O7S/c21-15-9-11(6-8-22-15)14-10-34-20(26-14)23-7-2-1-3-12(17(29)30)24-19(33)25-13(18(31)32)4-5-16(27)28/h6,8-10,12-13H,1-5,7H2,(H,23,26)(H,27,28)(H,29,30)(H,31,32)(H2,24,25,33)/t12-,13?/m0/s1. The van der Waals surface area contributed by atoms with E-state index in [1.807, 2.05) is 5.38 Å². The van der Waals surface area contributed by atoms with Crippen LogP contribution in [-0.4, -0.2) is 67.9 Å². The smallest absolute Gasteiger partial charge is 0.326 e. The molecule has 184 valence electrons. The molecule has 2 aromatic heterocycles. The van der Waals surface area contributed by atoms with E-state index < -0.39 is 42.4 Å². The van der Waals surface area contributed by atoms with Gasteiger partial charge in [-0.1, -0.05) is 11.6 Å². The van der Waals surface area contributed by atoms with Crippen molar-refractivity contribution in [2.45, 2.75) is 44.2 Å². The Hall–Kier alpha value is -3.45. The van der Waals surface area contributed by atoms with Gasteiger partial charge < -0.3 is 31.3 Å². The number of aliphatic carboxylic acids is 3. The second-order valence-electron chi connectivity index (χ2n) is 7.16. The van der Waals surface area contributed by atoms with Gasteiger partial charge in [0, 0.05) is 30.1 Å². The molecule has 6 N–H and O–H groups in total. The van der Waals surface area contributed by atoms with Crippen LogP contribution in [0.15, 0.2) is 23.7 Å². The fourth-order valence-corrected chi connectivity index (χ4v) is 3.78. The van der Waals surface area contributed by atoms with E-state index >= 15 is 0 Å². The van der Waals surface area contributed by atoms with Gasteiger partial charge in [0.25, 0.3) is 0 Å². The highest BCUT2D eigenvalue weighted by atomic mass is 35.5. The van der Waals surface area contributed by atoms with Crippen LogP contribution in [0.4, 0.5) is 9.93 Å². The van der Waals surface area contributed by atoms with Crippen LogP contribution in [0.5, 0.6) is 0 Å². The van der Waals surface area contributed by atoms with E-state index in [-0.39, 0.29) is 12.8 Å². The number of rotatable bonds is 14. The van der Waals surface area contributed by atoms with Gasteiger partial charge in [-0.3, -0.25) is 4.79 Å². The van der Waals surface area contributed by atoms with Gasteiger partial charge >= 0.3 is 23.9 Å². The summed E-state index contributed by atoms with van der Waals surface area (Å²) in [4.78, 5) is 53.6. The first-order chi connectivity index (χ1) is 16.2. The molecule has 0 radical (unpaired) electrons. The molecule has 2 atom stereocenters. The summed E-state index contributed by atoms with van der Waals surface area (Å²) in [6.07, 6.45) is 1.99. The molecule has 0 aliphatic carbocycles. The number of hydrogen-bond acceptors (Lipinski definition) is 8. The van der Waals surface area contributed by atoms with Crippen molar-refractivity contribution in [3.8, 4) is 11.3 Å². The number of hydrogen-bond donors (Lipinski definition) is 6. The van der Waals surface area contributed by atoms with Gasteiger partial charge in [-0.05, 0) is 37.8 Å². The van der Waals surface area contributed by atoms with Crippen LogP contribution in [0, 0.1) is 0 Å². The molecular formula is C20H24ClN5O7S. The first kappa shape index (κ1) is 26.8. The summed E-state index contributed by atoms with van der Waals surface area (Å²) in [5.74, 6) is -3.88. The first-order valence-corrected chi connectivity index (χ1v) is 11.5. The Morgan fingerprint density at radius 2 is 1.71 bits per heavy atom. The van der Waals surface area contributed by atoms with Crippen molar-refractivity contribution in [2.75, 3.05) is 11.9 Å². The molecule has 0 aliphatic heterocycles. The summed E-state index contributed by atoms with van der Waals surface area (Å²) >= 11 is 7.30. The third-order valence-corrected chi connectivity index (χ3v) is 5.58. The summed E-state index contributed by atoms with van der Waals surface area (Å²) in [6.45, 7) is 0.527. The number of nitrogens with zero attached hydrogens (tertiary/aromatic N) is 2. The SMILES string of the molecule is O=C(O)CCC(NC(=O)N[C@@H](CCCCNc1nc(-c2ccnc(Cl)c2)cs1)C(=O)O)C(=O)O. The van der Waals surface area contributed by atoms with Crippen molar-refractivity contribution in [1.29, 1.82) is 0 Å².